The van der Waals surface area contributed by atoms with E-state index >= 15 is 0 Å². The van der Waals surface area contributed by atoms with Crippen molar-refractivity contribution in [2.75, 3.05) is 12.5 Å². The first-order chi connectivity index (χ1) is 12.6. The Morgan fingerprint density at radius 3 is 2.77 bits per heavy atom. The van der Waals surface area contributed by atoms with Crippen molar-refractivity contribution in [3.05, 3.63) is 64.2 Å². The summed E-state index contributed by atoms with van der Waals surface area (Å²) in [6.45, 7) is 0. The molecule has 0 saturated heterocycles. The van der Waals surface area contributed by atoms with Crippen LogP contribution in [0, 0.1) is 5.92 Å². The van der Waals surface area contributed by atoms with Crippen molar-refractivity contribution >= 4 is 11.9 Å². The number of nitrogens with one attached hydrogen (secondary N) is 2. The van der Waals surface area contributed by atoms with Gasteiger partial charge in [-0.25, -0.2) is 9.89 Å². The van der Waals surface area contributed by atoms with E-state index in [2.05, 4.69) is 15.6 Å². The number of carbonyl (C=O) groups is 2. The minimum absolute atomic E-state index is 0.0963. The minimum Gasteiger partial charge on any atom is -0.465 e. The quantitative estimate of drug-likeness (QED) is 0.689. The highest BCUT2D eigenvalue weighted by Crippen LogP contribution is 2.47. The molecule has 0 unspecified atom stereocenters. The maximum Gasteiger partial charge on any atom is 0.341 e. The van der Waals surface area contributed by atoms with Crippen molar-refractivity contribution in [2.24, 2.45) is 5.92 Å². The fourth-order valence-corrected chi connectivity index (χ4v) is 3.12. The number of benzene rings is 1. The van der Waals surface area contributed by atoms with E-state index < -0.39 is 11.5 Å². The van der Waals surface area contributed by atoms with E-state index in [0.29, 0.717) is 0 Å². The number of nitrogens with zero attached hydrogens (tertiary/aromatic N) is 2. The number of esters is 1. The minimum atomic E-state index is -0.640. The third-order valence-corrected chi connectivity index (χ3v) is 4.56. The Kier molecular flexibility index (Phi) is 3.80. The number of hydrogen-bond donors (Lipinski definition) is 2. The number of carbonyl (C=O) groups excluding carboxylic acids is 2. The van der Waals surface area contributed by atoms with Gasteiger partial charge in [0, 0.05) is 18.3 Å². The highest BCUT2D eigenvalue weighted by molar-refractivity contribution is 5.96. The molecular formula is C18H16N4O4. The lowest BCUT2D eigenvalue weighted by molar-refractivity contribution is -0.118. The monoisotopic (exact) mass is 352 g/mol. The summed E-state index contributed by atoms with van der Waals surface area (Å²) in [4.78, 5) is 36.3. The summed E-state index contributed by atoms with van der Waals surface area (Å²) in [5.41, 5.74) is 3.91. The zero-order chi connectivity index (χ0) is 18.3. The second-order valence-corrected chi connectivity index (χ2v) is 6.22. The molecule has 0 radical (unpaired) electrons. The van der Waals surface area contributed by atoms with Crippen molar-refractivity contribution in [3.8, 4) is 11.3 Å². The lowest BCUT2D eigenvalue weighted by Crippen LogP contribution is -2.26. The highest BCUT2D eigenvalue weighted by Gasteiger charge is 2.44. The van der Waals surface area contributed by atoms with Gasteiger partial charge in [-0.1, -0.05) is 30.3 Å². The molecule has 1 amide bonds. The van der Waals surface area contributed by atoms with E-state index in [1.807, 2.05) is 30.3 Å². The Bertz CT molecular complexity index is 1010. The molecule has 132 valence electrons. The molecule has 1 aromatic carbocycles. The van der Waals surface area contributed by atoms with Crippen LogP contribution >= 0.6 is 0 Å². The maximum absolute atomic E-state index is 12.5. The summed E-state index contributed by atoms with van der Waals surface area (Å²) in [5, 5.41) is 6.14. The molecule has 8 heteroatoms. The molecule has 1 saturated carbocycles. The number of ether oxygens (including phenoxy) is 1. The first-order valence-electron chi connectivity index (χ1n) is 8.13. The maximum atomic E-state index is 12.5. The molecule has 1 aliphatic carbocycles. The van der Waals surface area contributed by atoms with E-state index in [4.69, 9.17) is 4.74 Å². The van der Waals surface area contributed by atoms with Crippen LogP contribution in [0.3, 0.4) is 0 Å². The average Bonchev–Trinajstić information content (AvgIpc) is 3.39. The number of pyridine rings is 1. The summed E-state index contributed by atoms with van der Waals surface area (Å²) in [6, 6.07) is 9.83. The van der Waals surface area contributed by atoms with E-state index in [1.165, 1.54) is 24.2 Å². The van der Waals surface area contributed by atoms with Crippen molar-refractivity contribution in [1.29, 1.82) is 0 Å². The summed E-state index contributed by atoms with van der Waals surface area (Å²) in [7, 11) is 1.24. The summed E-state index contributed by atoms with van der Waals surface area (Å²) in [5.74, 6) is -0.767. The van der Waals surface area contributed by atoms with E-state index in [-0.39, 0.29) is 34.6 Å². The van der Waals surface area contributed by atoms with Gasteiger partial charge in [-0.3, -0.25) is 19.7 Å². The fourth-order valence-electron chi connectivity index (χ4n) is 3.12. The Morgan fingerprint density at radius 1 is 1.27 bits per heavy atom. The number of fused-ring (bicyclic) bond motifs is 1. The molecule has 3 aliphatic rings. The second kappa shape index (κ2) is 6.14. The number of rotatable bonds is 4. The van der Waals surface area contributed by atoms with Gasteiger partial charge in [0.1, 0.15) is 11.3 Å². The van der Waals surface area contributed by atoms with Crippen molar-refractivity contribution in [2.45, 2.75) is 12.3 Å². The van der Waals surface area contributed by atoms with Gasteiger partial charge in [-0.15, -0.1) is 0 Å². The van der Waals surface area contributed by atoms with Crippen LogP contribution in [-0.2, 0) is 9.53 Å². The number of methoxy groups -OCH3 is 1. The molecule has 1 aromatic rings. The molecule has 1 fully saturated rings. The predicted molar refractivity (Wildman–Crippen MR) is 92.5 cm³/mol. The van der Waals surface area contributed by atoms with Crippen LogP contribution in [0.25, 0.3) is 11.3 Å². The molecular weight excluding hydrogens is 336 g/mol. The van der Waals surface area contributed by atoms with Gasteiger partial charge < -0.3 is 4.74 Å². The third-order valence-electron chi connectivity index (χ3n) is 4.56. The van der Waals surface area contributed by atoms with E-state index in [9.17, 15) is 14.4 Å². The van der Waals surface area contributed by atoms with Gasteiger partial charge >= 0.3 is 5.97 Å². The molecule has 0 bridgehead atoms. The van der Waals surface area contributed by atoms with Crippen LogP contribution in [0.1, 0.15) is 28.3 Å². The zero-order valence-electron chi connectivity index (χ0n) is 13.9. The van der Waals surface area contributed by atoms with Crippen LogP contribution in [0.5, 0.6) is 0 Å². The molecule has 4 rings (SSSR count). The van der Waals surface area contributed by atoms with Crippen LogP contribution in [-0.4, -0.2) is 33.9 Å². The van der Waals surface area contributed by atoms with Crippen LogP contribution < -0.4 is 11.0 Å². The number of H-pyrrole nitrogens is 1. The molecule has 2 atom stereocenters. The predicted octanol–water partition coefficient (Wildman–Crippen LogP) is 1.34. The molecule has 8 nitrogen and oxygen atoms in total. The van der Waals surface area contributed by atoms with Gasteiger partial charge in [0.25, 0.3) is 5.56 Å². The largest absolute Gasteiger partial charge is 0.465 e. The normalized spacial score (nSPS) is 18.5. The summed E-state index contributed by atoms with van der Waals surface area (Å²) >= 11 is 0. The highest BCUT2D eigenvalue weighted by atomic mass is 16.5. The Morgan fingerprint density at radius 2 is 2.04 bits per heavy atom. The Labute approximate surface area is 148 Å². The van der Waals surface area contributed by atoms with Gasteiger partial charge in [0.05, 0.1) is 12.7 Å². The van der Waals surface area contributed by atoms with Crippen molar-refractivity contribution in [3.63, 3.8) is 0 Å². The lowest BCUT2D eigenvalue weighted by atomic mass is 10.1. The molecule has 0 aromatic heterocycles. The first-order valence-corrected chi connectivity index (χ1v) is 8.13. The molecule has 2 aliphatic heterocycles. The smallest absolute Gasteiger partial charge is 0.341 e. The van der Waals surface area contributed by atoms with Crippen LogP contribution in [0.15, 0.2) is 47.5 Å². The van der Waals surface area contributed by atoms with E-state index in [0.717, 1.165) is 12.0 Å². The average molecular weight is 352 g/mol. The number of aromatic amines is 1. The first kappa shape index (κ1) is 16.1. The zero-order valence-corrected chi connectivity index (χ0v) is 13.9. The van der Waals surface area contributed by atoms with Crippen molar-refractivity contribution < 1.29 is 14.3 Å². The van der Waals surface area contributed by atoms with Crippen LogP contribution in [0.4, 0.5) is 0 Å². The fraction of sp³-hybridized carbons (Fsp3) is 0.222. The Hall–Kier alpha value is -3.42. The molecule has 0 spiro atoms. The number of hydrogen-bond acceptors (Lipinski definition) is 5. The standard InChI is InChI=1S/C18H16N4O4/c1-26-18(25)14-9-22(8-13-15(14)19-20-16(13)23)21-17(24)12-7-11(12)10-5-3-2-4-6-10/h2-6,8-9,11-12H,7H2,1H3,(H,20,23)(H,21,24)/t11-,12+/m1/s1. The molecule has 26 heavy (non-hydrogen) atoms. The number of amides is 1. The van der Waals surface area contributed by atoms with Gasteiger partial charge in [0.2, 0.25) is 5.91 Å². The number of aromatic nitrogens is 3. The van der Waals surface area contributed by atoms with Crippen molar-refractivity contribution in [1.82, 2.24) is 14.9 Å². The third kappa shape index (κ3) is 2.75. The molecule has 2 N–H and O–H groups in total. The topological polar surface area (TPSA) is 106 Å². The SMILES string of the molecule is COC(=O)c1cn(NC(=O)[C@H]2C[C@@H]2c2ccccc2)cc2c(=O)[nH]nc1-2. The summed E-state index contributed by atoms with van der Waals surface area (Å²) in [6.07, 6.45) is 3.60. The lowest BCUT2D eigenvalue weighted by Gasteiger charge is -2.13. The molecule has 2 heterocycles. The van der Waals surface area contributed by atoms with E-state index in [1.54, 1.807) is 0 Å². The van der Waals surface area contributed by atoms with Gasteiger partial charge in [-0.2, -0.15) is 5.10 Å². The van der Waals surface area contributed by atoms with Crippen LogP contribution in [0.2, 0.25) is 0 Å². The Balaban J connectivity index is 1.59. The van der Waals surface area contributed by atoms with Gasteiger partial charge in [-0.05, 0) is 17.9 Å². The van der Waals surface area contributed by atoms with Gasteiger partial charge in [0.15, 0.2) is 0 Å². The summed E-state index contributed by atoms with van der Waals surface area (Å²) < 4.78 is 6.04. The second-order valence-electron chi connectivity index (χ2n) is 6.22.